The first kappa shape index (κ1) is 15.0. The van der Waals surface area contributed by atoms with Gasteiger partial charge in [0.2, 0.25) is 5.91 Å². The number of carbonyl (C=O) groups excluding carboxylic acids is 1. The van der Waals surface area contributed by atoms with Gasteiger partial charge in [-0.05, 0) is 35.9 Å². The molecule has 3 rings (SSSR count). The number of benzene rings is 1. The van der Waals surface area contributed by atoms with Gasteiger partial charge in [-0.2, -0.15) is 0 Å². The first-order valence-corrected chi connectivity index (χ1v) is 7.36. The summed E-state index contributed by atoms with van der Waals surface area (Å²) in [5.41, 5.74) is 2.50. The van der Waals surface area contributed by atoms with E-state index in [0.717, 1.165) is 16.9 Å². The number of carboxylic acid groups (broad SMARTS) is 1. The van der Waals surface area contributed by atoms with Crippen molar-refractivity contribution in [2.24, 2.45) is 5.92 Å². The molecule has 1 unspecified atom stereocenters. The summed E-state index contributed by atoms with van der Waals surface area (Å²) in [6.45, 7) is 0.224. The number of carbonyl (C=O) groups is 2. The van der Waals surface area contributed by atoms with Gasteiger partial charge >= 0.3 is 5.97 Å². The number of hydrogen-bond acceptors (Lipinski definition) is 3. The van der Waals surface area contributed by atoms with E-state index in [0.29, 0.717) is 0 Å². The molecular weight excluding hydrogens is 292 g/mol. The molecule has 5 heteroatoms. The Morgan fingerprint density at radius 3 is 2.78 bits per heavy atom. The third kappa shape index (κ3) is 3.45. The molecule has 2 heterocycles. The lowest BCUT2D eigenvalue weighted by atomic mass is 10.1. The van der Waals surface area contributed by atoms with Crippen LogP contribution in [0.25, 0.3) is 12.2 Å². The minimum atomic E-state index is -0.924. The normalized spacial score (nSPS) is 17.8. The molecule has 0 saturated carbocycles. The van der Waals surface area contributed by atoms with Crippen LogP contribution in [0, 0.1) is 5.92 Å². The number of rotatable bonds is 4. The van der Waals surface area contributed by atoms with E-state index in [1.165, 1.54) is 4.90 Å². The van der Waals surface area contributed by atoms with Crippen molar-refractivity contribution < 1.29 is 14.7 Å². The molecule has 1 saturated heterocycles. The van der Waals surface area contributed by atoms with Crippen molar-refractivity contribution in [1.82, 2.24) is 4.98 Å². The summed E-state index contributed by atoms with van der Waals surface area (Å²) in [5, 5.41) is 9.06. The van der Waals surface area contributed by atoms with Gasteiger partial charge in [0, 0.05) is 24.8 Å². The average Bonchev–Trinajstić information content (AvgIpc) is 2.96. The molecule has 1 atom stereocenters. The summed E-state index contributed by atoms with van der Waals surface area (Å²) in [7, 11) is 0. The molecule has 1 amide bonds. The Hall–Kier alpha value is -2.95. The smallest absolute Gasteiger partial charge is 0.308 e. The number of hydrogen-bond donors (Lipinski definition) is 1. The lowest BCUT2D eigenvalue weighted by Crippen LogP contribution is -2.25. The van der Waals surface area contributed by atoms with Gasteiger partial charge in [0.05, 0.1) is 11.6 Å². The molecule has 0 aliphatic carbocycles. The number of carboxylic acids is 1. The summed E-state index contributed by atoms with van der Waals surface area (Å²) in [5.74, 6) is -1.70. The minimum Gasteiger partial charge on any atom is -0.481 e. The van der Waals surface area contributed by atoms with Crippen LogP contribution in [0.3, 0.4) is 0 Å². The van der Waals surface area contributed by atoms with Gasteiger partial charge in [-0.25, -0.2) is 0 Å². The Balaban J connectivity index is 1.79. The molecule has 0 spiro atoms. The maximum Gasteiger partial charge on any atom is 0.308 e. The number of aliphatic carboxylic acids is 1. The second-order valence-corrected chi connectivity index (χ2v) is 5.43. The van der Waals surface area contributed by atoms with Gasteiger partial charge in [-0.3, -0.25) is 14.6 Å². The molecule has 0 bridgehead atoms. The van der Waals surface area contributed by atoms with E-state index in [2.05, 4.69) is 4.98 Å². The third-order valence-electron chi connectivity index (χ3n) is 3.79. The number of pyridine rings is 1. The summed E-state index contributed by atoms with van der Waals surface area (Å²) in [6, 6.07) is 13.2. The highest BCUT2D eigenvalue weighted by Gasteiger charge is 2.34. The van der Waals surface area contributed by atoms with Crippen LogP contribution in [-0.2, 0) is 9.59 Å². The first-order chi connectivity index (χ1) is 11.1. The molecule has 116 valence electrons. The summed E-state index contributed by atoms with van der Waals surface area (Å²) >= 11 is 0. The zero-order chi connectivity index (χ0) is 16.2. The minimum absolute atomic E-state index is 0.0589. The predicted octanol–water partition coefficient (Wildman–Crippen LogP) is 2.69. The maximum atomic E-state index is 12.0. The summed E-state index contributed by atoms with van der Waals surface area (Å²) in [4.78, 5) is 28.8. The number of aromatic nitrogens is 1. The second kappa shape index (κ2) is 6.44. The topological polar surface area (TPSA) is 70.5 Å². The number of anilines is 1. The van der Waals surface area contributed by atoms with Crippen LogP contribution in [0.2, 0.25) is 0 Å². The highest BCUT2D eigenvalue weighted by Crippen LogP contribution is 2.26. The van der Waals surface area contributed by atoms with Crippen molar-refractivity contribution in [3.8, 4) is 0 Å². The zero-order valence-corrected chi connectivity index (χ0v) is 12.4. The zero-order valence-electron chi connectivity index (χ0n) is 12.4. The van der Waals surface area contributed by atoms with Crippen LogP contribution in [0.5, 0.6) is 0 Å². The van der Waals surface area contributed by atoms with E-state index in [1.54, 1.807) is 6.20 Å². The third-order valence-corrected chi connectivity index (χ3v) is 3.79. The Morgan fingerprint density at radius 2 is 2.09 bits per heavy atom. The first-order valence-electron chi connectivity index (χ1n) is 7.36. The second-order valence-electron chi connectivity index (χ2n) is 5.43. The Bertz CT molecular complexity index is 756. The Kier molecular flexibility index (Phi) is 4.19. The van der Waals surface area contributed by atoms with Crippen molar-refractivity contribution in [3.63, 3.8) is 0 Å². The van der Waals surface area contributed by atoms with E-state index in [1.807, 2.05) is 54.6 Å². The van der Waals surface area contributed by atoms with Gasteiger partial charge in [-0.15, -0.1) is 0 Å². The van der Waals surface area contributed by atoms with Crippen molar-refractivity contribution in [2.45, 2.75) is 6.42 Å². The van der Waals surface area contributed by atoms with E-state index >= 15 is 0 Å². The van der Waals surface area contributed by atoms with Crippen molar-refractivity contribution in [1.29, 1.82) is 0 Å². The fourth-order valence-corrected chi connectivity index (χ4v) is 2.58. The molecule has 1 aliphatic rings. The average molecular weight is 308 g/mol. The van der Waals surface area contributed by atoms with E-state index in [-0.39, 0.29) is 18.9 Å². The molecule has 0 radical (unpaired) electrons. The standard InChI is InChI=1S/C18H16N2O3/c21-17-11-14(18(22)23)12-20(17)16-6-3-4-13(10-16)7-8-15-5-1-2-9-19-15/h1-10,14H,11-12H2,(H,22,23)/b8-7+. The van der Waals surface area contributed by atoms with E-state index in [9.17, 15) is 9.59 Å². The number of amides is 1. The molecule has 2 aromatic rings. The van der Waals surface area contributed by atoms with Crippen LogP contribution in [0.1, 0.15) is 17.7 Å². The number of nitrogens with zero attached hydrogens (tertiary/aromatic N) is 2. The van der Waals surface area contributed by atoms with Crippen molar-refractivity contribution in [2.75, 3.05) is 11.4 Å². The largest absolute Gasteiger partial charge is 0.481 e. The molecule has 1 N–H and O–H groups in total. The fourth-order valence-electron chi connectivity index (χ4n) is 2.58. The van der Waals surface area contributed by atoms with Gasteiger partial charge in [-0.1, -0.05) is 24.3 Å². The molecule has 1 fully saturated rings. The Labute approximate surface area is 133 Å². The van der Waals surface area contributed by atoms with E-state index in [4.69, 9.17) is 5.11 Å². The van der Waals surface area contributed by atoms with Crippen LogP contribution < -0.4 is 4.90 Å². The predicted molar refractivity (Wildman–Crippen MR) is 87.7 cm³/mol. The molecule has 1 aromatic heterocycles. The van der Waals surface area contributed by atoms with Gasteiger partial charge in [0.15, 0.2) is 0 Å². The van der Waals surface area contributed by atoms with E-state index < -0.39 is 11.9 Å². The van der Waals surface area contributed by atoms with Gasteiger partial charge in [0.25, 0.3) is 0 Å². The highest BCUT2D eigenvalue weighted by atomic mass is 16.4. The van der Waals surface area contributed by atoms with Gasteiger partial charge in [0.1, 0.15) is 0 Å². The molecule has 1 aromatic carbocycles. The lowest BCUT2D eigenvalue weighted by Gasteiger charge is -2.16. The summed E-state index contributed by atoms with van der Waals surface area (Å²) < 4.78 is 0. The monoisotopic (exact) mass is 308 g/mol. The Morgan fingerprint density at radius 1 is 1.22 bits per heavy atom. The highest BCUT2D eigenvalue weighted by molar-refractivity contribution is 5.99. The summed E-state index contributed by atoms with van der Waals surface area (Å²) in [6.07, 6.45) is 5.60. The molecule has 1 aliphatic heterocycles. The molecule has 23 heavy (non-hydrogen) atoms. The van der Waals surface area contributed by atoms with Crippen molar-refractivity contribution >= 4 is 29.7 Å². The maximum absolute atomic E-state index is 12.0. The van der Waals surface area contributed by atoms with Crippen LogP contribution in [0.4, 0.5) is 5.69 Å². The van der Waals surface area contributed by atoms with Crippen molar-refractivity contribution in [3.05, 3.63) is 59.9 Å². The molecular formula is C18H16N2O3. The fraction of sp³-hybridized carbons (Fsp3) is 0.167. The van der Waals surface area contributed by atoms with Crippen LogP contribution in [-0.4, -0.2) is 28.5 Å². The molecule has 5 nitrogen and oxygen atoms in total. The van der Waals surface area contributed by atoms with Crippen LogP contribution in [0.15, 0.2) is 48.7 Å². The SMILES string of the molecule is O=C(O)C1CC(=O)N(c2cccc(/C=C/c3ccccn3)c2)C1. The van der Waals surface area contributed by atoms with Crippen LogP contribution >= 0.6 is 0 Å². The van der Waals surface area contributed by atoms with Gasteiger partial charge < -0.3 is 10.0 Å². The quantitative estimate of drug-likeness (QED) is 0.942. The lowest BCUT2D eigenvalue weighted by molar-refractivity contribution is -0.141.